The number of carbonyl (C=O) groups is 1. The number of ether oxygens (including phenoxy) is 2. The van der Waals surface area contributed by atoms with E-state index in [1.807, 2.05) is 12.1 Å². The summed E-state index contributed by atoms with van der Waals surface area (Å²) in [6, 6.07) is 5.34. The first-order valence-electron chi connectivity index (χ1n) is 9.38. The van der Waals surface area contributed by atoms with E-state index in [0.29, 0.717) is 23.7 Å². The molecule has 29 heavy (non-hydrogen) atoms. The first kappa shape index (κ1) is 18.9. The maximum atomic E-state index is 12.4. The highest BCUT2D eigenvalue weighted by Gasteiger charge is 2.25. The van der Waals surface area contributed by atoms with Crippen molar-refractivity contribution in [1.82, 2.24) is 25.3 Å². The van der Waals surface area contributed by atoms with E-state index < -0.39 is 0 Å². The van der Waals surface area contributed by atoms with Gasteiger partial charge in [-0.3, -0.25) is 4.79 Å². The molecule has 1 N–H and O–H groups in total. The van der Waals surface area contributed by atoms with E-state index in [9.17, 15) is 4.79 Å². The highest BCUT2D eigenvalue weighted by molar-refractivity contribution is 5.93. The summed E-state index contributed by atoms with van der Waals surface area (Å²) in [5, 5.41) is 3.95. The van der Waals surface area contributed by atoms with Crippen LogP contribution in [0.3, 0.4) is 0 Å². The van der Waals surface area contributed by atoms with Gasteiger partial charge in [-0.2, -0.15) is 0 Å². The van der Waals surface area contributed by atoms with Gasteiger partial charge in [-0.05, 0) is 25.0 Å². The molecule has 1 aromatic carbocycles. The lowest BCUT2D eigenvalue weighted by atomic mass is 10.0. The molecule has 150 valence electrons. The third-order valence-corrected chi connectivity index (χ3v) is 4.99. The Labute approximate surface area is 168 Å². The van der Waals surface area contributed by atoms with Crippen molar-refractivity contribution in [2.24, 2.45) is 0 Å². The zero-order valence-corrected chi connectivity index (χ0v) is 16.3. The van der Waals surface area contributed by atoms with E-state index in [0.717, 1.165) is 36.1 Å². The molecule has 3 aromatic rings. The zero-order chi connectivity index (χ0) is 20.2. The van der Waals surface area contributed by atoms with Crippen LogP contribution in [0.2, 0.25) is 0 Å². The van der Waals surface area contributed by atoms with Crippen LogP contribution in [0.5, 0.6) is 11.5 Å². The van der Waals surface area contributed by atoms with Gasteiger partial charge in [0.25, 0.3) is 5.91 Å². The number of aromatic nitrogens is 4. The van der Waals surface area contributed by atoms with Gasteiger partial charge in [0.05, 0.1) is 19.7 Å². The van der Waals surface area contributed by atoms with Gasteiger partial charge in [0.1, 0.15) is 24.2 Å². The van der Waals surface area contributed by atoms with Gasteiger partial charge < -0.3 is 19.7 Å². The molecule has 1 atom stereocenters. The number of anilines is 1. The van der Waals surface area contributed by atoms with Crippen LogP contribution in [-0.2, 0) is 0 Å². The summed E-state index contributed by atoms with van der Waals surface area (Å²) in [6.07, 6.45) is 6.31. The van der Waals surface area contributed by atoms with Gasteiger partial charge in [0.2, 0.25) is 0 Å². The number of nitrogens with zero attached hydrogens (tertiary/aromatic N) is 5. The Morgan fingerprint density at radius 1 is 1.14 bits per heavy atom. The number of nitrogens with one attached hydrogen (secondary N) is 1. The molecule has 1 amide bonds. The Hall–Kier alpha value is -3.49. The average molecular weight is 394 g/mol. The normalized spacial score (nSPS) is 16.5. The Bertz CT molecular complexity index is 1010. The van der Waals surface area contributed by atoms with Crippen LogP contribution in [0.25, 0.3) is 10.9 Å². The minimum atomic E-state index is -0.196. The van der Waals surface area contributed by atoms with E-state index in [-0.39, 0.29) is 11.9 Å². The topological polar surface area (TPSA) is 102 Å². The molecular weight excluding hydrogens is 372 g/mol. The number of hydrogen-bond acceptors (Lipinski definition) is 8. The molecule has 0 spiro atoms. The van der Waals surface area contributed by atoms with Crippen molar-refractivity contribution < 1.29 is 14.3 Å². The van der Waals surface area contributed by atoms with Crippen molar-refractivity contribution in [2.45, 2.75) is 18.9 Å². The molecule has 1 aliphatic heterocycles. The highest BCUT2D eigenvalue weighted by atomic mass is 16.5. The number of rotatable bonds is 5. The molecule has 3 heterocycles. The lowest BCUT2D eigenvalue weighted by Gasteiger charge is -2.34. The van der Waals surface area contributed by atoms with Crippen LogP contribution in [-0.4, -0.2) is 59.2 Å². The third-order valence-electron chi connectivity index (χ3n) is 4.99. The minimum Gasteiger partial charge on any atom is -0.493 e. The second-order valence-corrected chi connectivity index (χ2v) is 6.77. The van der Waals surface area contributed by atoms with E-state index in [2.05, 4.69) is 30.2 Å². The number of carbonyl (C=O) groups excluding carboxylic acids is 1. The van der Waals surface area contributed by atoms with Gasteiger partial charge >= 0.3 is 0 Å². The number of benzene rings is 1. The Morgan fingerprint density at radius 2 is 1.97 bits per heavy atom. The van der Waals surface area contributed by atoms with Crippen LogP contribution < -0.4 is 19.7 Å². The molecule has 2 aromatic heterocycles. The van der Waals surface area contributed by atoms with Crippen LogP contribution >= 0.6 is 0 Å². The number of piperidine rings is 1. The van der Waals surface area contributed by atoms with Crippen molar-refractivity contribution in [2.75, 3.05) is 32.2 Å². The molecule has 0 radical (unpaired) electrons. The molecule has 9 heteroatoms. The summed E-state index contributed by atoms with van der Waals surface area (Å²) in [7, 11) is 3.20. The van der Waals surface area contributed by atoms with Crippen molar-refractivity contribution in [3.05, 3.63) is 42.7 Å². The maximum absolute atomic E-state index is 12.4. The summed E-state index contributed by atoms with van der Waals surface area (Å²) in [5.74, 6) is 1.87. The fourth-order valence-electron chi connectivity index (χ4n) is 3.59. The van der Waals surface area contributed by atoms with Crippen molar-refractivity contribution in [3.8, 4) is 11.5 Å². The first-order valence-corrected chi connectivity index (χ1v) is 9.38. The largest absolute Gasteiger partial charge is 0.493 e. The average Bonchev–Trinajstić information content (AvgIpc) is 2.78. The molecule has 1 unspecified atom stereocenters. The van der Waals surface area contributed by atoms with E-state index in [1.165, 1.54) is 6.33 Å². The summed E-state index contributed by atoms with van der Waals surface area (Å²) < 4.78 is 10.8. The molecule has 0 aliphatic carbocycles. The van der Waals surface area contributed by atoms with E-state index >= 15 is 0 Å². The molecule has 4 rings (SSSR count). The predicted octanol–water partition coefficient (Wildman–Crippen LogP) is 1.84. The number of hydrogen-bond donors (Lipinski definition) is 1. The van der Waals surface area contributed by atoms with Crippen molar-refractivity contribution in [3.63, 3.8) is 0 Å². The summed E-state index contributed by atoms with van der Waals surface area (Å²) in [6.45, 7) is 1.50. The van der Waals surface area contributed by atoms with Crippen LogP contribution in [0.15, 0.2) is 37.1 Å². The monoisotopic (exact) mass is 394 g/mol. The van der Waals surface area contributed by atoms with Crippen molar-refractivity contribution in [1.29, 1.82) is 0 Å². The van der Waals surface area contributed by atoms with Gasteiger partial charge in [-0.1, -0.05) is 0 Å². The molecule has 9 nitrogen and oxygen atoms in total. The van der Waals surface area contributed by atoms with Crippen LogP contribution in [0, 0.1) is 0 Å². The second-order valence-electron chi connectivity index (χ2n) is 6.77. The standard InChI is InChI=1S/C20H22N6O3/c1-28-17-8-14-16(9-18(17)29-2)23-12-24-19(14)26-7-3-4-13(10-26)25-20(27)15-5-6-21-11-22-15/h5-6,8-9,11-13H,3-4,7,10H2,1-2H3,(H,25,27). The van der Waals surface area contributed by atoms with Gasteiger partial charge in [-0.25, -0.2) is 19.9 Å². The Balaban J connectivity index is 1.58. The Kier molecular flexibility index (Phi) is 5.37. The fraction of sp³-hybridized carbons (Fsp3) is 0.350. The summed E-state index contributed by atoms with van der Waals surface area (Å²) in [4.78, 5) is 31.4. The van der Waals surface area contributed by atoms with Crippen molar-refractivity contribution >= 4 is 22.6 Å². The van der Waals surface area contributed by atoms with Gasteiger partial charge in [-0.15, -0.1) is 0 Å². The number of methoxy groups -OCH3 is 2. The second kappa shape index (κ2) is 8.26. The molecule has 1 saturated heterocycles. The number of amides is 1. The van der Waals surface area contributed by atoms with E-state index in [1.54, 1.807) is 32.8 Å². The maximum Gasteiger partial charge on any atom is 0.270 e. The summed E-state index contributed by atoms with van der Waals surface area (Å²) in [5.41, 5.74) is 1.14. The van der Waals surface area contributed by atoms with Crippen LogP contribution in [0.1, 0.15) is 23.3 Å². The van der Waals surface area contributed by atoms with Gasteiger partial charge in [0.15, 0.2) is 11.5 Å². The summed E-state index contributed by atoms with van der Waals surface area (Å²) >= 11 is 0. The smallest absolute Gasteiger partial charge is 0.270 e. The predicted molar refractivity (Wildman–Crippen MR) is 107 cm³/mol. The van der Waals surface area contributed by atoms with E-state index in [4.69, 9.17) is 9.47 Å². The first-order chi connectivity index (χ1) is 14.2. The molecule has 1 fully saturated rings. The molecular formula is C20H22N6O3. The van der Waals surface area contributed by atoms with Gasteiger partial charge in [0, 0.05) is 36.8 Å². The minimum absolute atomic E-state index is 0.00336. The van der Waals surface area contributed by atoms with Crippen LogP contribution in [0.4, 0.5) is 5.82 Å². The lowest BCUT2D eigenvalue weighted by molar-refractivity contribution is 0.0928. The molecule has 0 bridgehead atoms. The highest BCUT2D eigenvalue weighted by Crippen LogP contribution is 2.35. The number of fused-ring (bicyclic) bond motifs is 1. The SMILES string of the molecule is COc1cc2ncnc(N3CCCC(NC(=O)c4ccncn4)C3)c2cc1OC. The quantitative estimate of drug-likeness (QED) is 0.699. The molecule has 0 saturated carbocycles. The molecule has 1 aliphatic rings. The fourth-order valence-corrected chi connectivity index (χ4v) is 3.59. The third kappa shape index (κ3) is 3.89. The Morgan fingerprint density at radius 3 is 2.72 bits per heavy atom. The zero-order valence-electron chi connectivity index (χ0n) is 16.3. The lowest BCUT2D eigenvalue weighted by Crippen LogP contribution is -2.48.